The molecule has 1 aliphatic rings. The van der Waals surface area contributed by atoms with Crippen molar-refractivity contribution >= 4 is 11.6 Å². The molecule has 1 N–H and O–H groups in total. The summed E-state index contributed by atoms with van der Waals surface area (Å²) in [4.78, 5) is 19.5. The van der Waals surface area contributed by atoms with Gasteiger partial charge in [-0.05, 0) is 56.9 Å². The van der Waals surface area contributed by atoms with E-state index in [9.17, 15) is 4.79 Å². The summed E-state index contributed by atoms with van der Waals surface area (Å²) < 4.78 is 1.89. The van der Waals surface area contributed by atoms with Crippen LogP contribution in [0, 0.1) is 26.7 Å². The third-order valence-corrected chi connectivity index (χ3v) is 5.86. The first kappa shape index (κ1) is 20.3. The van der Waals surface area contributed by atoms with Crippen LogP contribution in [0.15, 0.2) is 48.8 Å². The molecule has 156 valence electrons. The number of carbonyl (C=O) groups excluding carboxylic acids is 1. The summed E-state index contributed by atoms with van der Waals surface area (Å²) in [5.41, 5.74) is 5.92. The van der Waals surface area contributed by atoms with Gasteiger partial charge in [0.2, 0.25) is 5.91 Å². The molecule has 0 radical (unpaired) electrons. The average Bonchev–Trinajstić information content (AvgIpc) is 3.23. The van der Waals surface area contributed by atoms with Crippen molar-refractivity contribution in [1.82, 2.24) is 19.7 Å². The predicted molar refractivity (Wildman–Crippen MR) is 119 cm³/mol. The maximum absolute atomic E-state index is 12.9. The van der Waals surface area contributed by atoms with Crippen molar-refractivity contribution in [2.75, 3.05) is 18.4 Å². The zero-order valence-corrected chi connectivity index (χ0v) is 18.1. The summed E-state index contributed by atoms with van der Waals surface area (Å²) in [7, 11) is 0. The monoisotopic (exact) mass is 403 g/mol. The van der Waals surface area contributed by atoms with E-state index in [0.29, 0.717) is 12.5 Å². The third kappa shape index (κ3) is 4.14. The lowest BCUT2D eigenvalue weighted by Gasteiger charge is -2.24. The van der Waals surface area contributed by atoms with Crippen molar-refractivity contribution in [2.24, 2.45) is 5.92 Å². The van der Waals surface area contributed by atoms with Gasteiger partial charge in [-0.25, -0.2) is 4.68 Å². The van der Waals surface area contributed by atoms with Crippen LogP contribution in [-0.2, 0) is 4.79 Å². The van der Waals surface area contributed by atoms with E-state index in [0.717, 1.165) is 35.7 Å². The molecule has 2 unspecified atom stereocenters. The minimum absolute atomic E-state index is 0.00681. The lowest BCUT2D eigenvalue weighted by Crippen LogP contribution is -2.33. The highest BCUT2D eigenvalue weighted by Crippen LogP contribution is 2.34. The number of pyridine rings is 1. The number of anilines is 1. The molecule has 0 spiro atoms. The van der Waals surface area contributed by atoms with Crippen LogP contribution in [0.2, 0.25) is 0 Å². The van der Waals surface area contributed by atoms with Gasteiger partial charge in [0.1, 0.15) is 0 Å². The van der Waals surface area contributed by atoms with Gasteiger partial charge in [0, 0.05) is 25.0 Å². The standard InChI is InChI=1S/C24H29N5O/c1-16-7-9-21(10-8-16)29-19(4)24(18(3)27-29)26-23(30)15-28-14-17(2)12-22(28)20-6-5-11-25-13-20/h5-11,13,17,22H,12,14-15H2,1-4H3,(H,26,30). The molecule has 1 aromatic carbocycles. The zero-order chi connectivity index (χ0) is 21.3. The zero-order valence-electron chi connectivity index (χ0n) is 18.1. The van der Waals surface area contributed by atoms with Crippen LogP contribution in [0.25, 0.3) is 5.69 Å². The van der Waals surface area contributed by atoms with Crippen molar-refractivity contribution in [3.8, 4) is 5.69 Å². The van der Waals surface area contributed by atoms with E-state index < -0.39 is 0 Å². The van der Waals surface area contributed by atoms with E-state index in [-0.39, 0.29) is 11.9 Å². The van der Waals surface area contributed by atoms with Crippen molar-refractivity contribution < 1.29 is 4.79 Å². The lowest BCUT2D eigenvalue weighted by atomic mass is 10.0. The summed E-state index contributed by atoms with van der Waals surface area (Å²) in [6.07, 6.45) is 4.74. The van der Waals surface area contributed by atoms with E-state index in [2.05, 4.69) is 52.3 Å². The van der Waals surface area contributed by atoms with Crippen molar-refractivity contribution in [1.29, 1.82) is 0 Å². The van der Waals surface area contributed by atoms with Crippen molar-refractivity contribution in [2.45, 2.75) is 40.2 Å². The topological polar surface area (TPSA) is 63.1 Å². The number of nitrogens with one attached hydrogen (secondary N) is 1. The van der Waals surface area contributed by atoms with Crippen molar-refractivity contribution in [3.05, 3.63) is 71.3 Å². The highest BCUT2D eigenvalue weighted by atomic mass is 16.2. The Balaban J connectivity index is 1.49. The Bertz CT molecular complexity index is 1030. The molecule has 4 rings (SSSR count). The first-order valence-electron chi connectivity index (χ1n) is 10.5. The van der Waals surface area contributed by atoms with E-state index in [1.54, 1.807) is 6.20 Å². The second kappa shape index (κ2) is 8.40. The normalized spacial score (nSPS) is 19.2. The molecule has 0 aliphatic carbocycles. The van der Waals surface area contributed by atoms with Crippen molar-refractivity contribution in [3.63, 3.8) is 0 Å². The molecular formula is C24H29N5O. The number of aromatic nitrogens is 3. The number of nitrogens with zero attached hydrogens (tertiary/aromatic N) is 4. The molecular weight excluding hydrogens is 374 g/mol. The van der Waals surface area contributed by atoms with Crippen LogP contribution in [0.3, 0.4) is 0 Å². The molecule has 1 saturated heterocycles. The number of rotatable bonds is 5. The summed E-state index contributed by atoms with van der Waals surface area (Å²) >= 11 is 0. The fourth-order valence-corrected chi connectivity index (χ4v) is 4.35. The van der Waals surface area contributed by atoms with Gasteiger partial charge in [0.25, 0.3) is 0 Å². The fourth-order valence-electron chi connectivity index (χ4n) is 4.35. The summed E-state index contributed by atoms with van der Waals surface area (Å²) in [5.74, 6) is 0.545. The Kier molecular flexibility index (Phi) is 5.68. The second-order valence-corrected chi connectivity index (χ2v) is 8.41. The Morgan fingerprint density at radius 3 is 2.63 bits per heavy atom. The number of benzene rings is 1. The number of hydrogen-bond donors (Lipinski definition) is 1. The second-order valence-electron chi connectivity index (χ2n) is 8.41. The molecule has 2 atom stereocenters. The van der Waals surface area contributed by atoms with Gasteiger partial charge < -0.3 is 5.32 Å². The van der Waals surface area contributed by atoms with Gasteiger partial charge in [-0.2, -0.15) is 5.10 Å². The minimum Gasteiger partial charge on any atom is -0.322 e. The molecule has 0 bridgehead atoms. The Morgan fingerprint density at radius 1 is 1.17 bits per heavy atom. The minimum atomic E-state index is -0.00681. The third-order valence-electron chi connectivity index (χ3n) is 5.86. The van der Waals surface area contributed by atoms with E-state index in [1.807, 2.05) is 42.9 Å². The first-order chi connectivity index (χ1) is 14.4. The quantitative estimate of drug-likeness (QED) is 0.693. The Morgan fingerprint density at radius 2 is 1.93 bits per heavy atom. The molecule has 30 heavy (non-hydrogen) atoms. The van der Waals surface area contributed by atoms with Gasteiger partial charge in [0.15, 0.2) is 0 Å². The van der Waals surface area contributed by atoms with Crippen LogP contribution >= 0.6 is 0 Å². The number of carbonyl (C=O) groups is 1. The van der Waals surface area contributed by atoms with Gasteiger partial charge in [-0.3, -0.25) is 14.7 Å². The van der Waals surface area contributed by atoms with Gasteiger partial charge in [-0.1, -0.05) is 30.7 Å². The molecule has 6 nitrogen and oxygen atoms in total. The maximum Gasteiger partial charge on any atom is 0.238 e. The smallest absolute Gasteiger partial charge is 0.238 e. The highest BCUT2D eigenvalue weighted by Gasteiger charge is 2.32. The highest BCUT2D eigenvalue weighted by molar-refractivity contribution is 5.93. The first-order valence-corrected chi connectivity index (χ1v) is 10.5. The van der Waals surface area contributed by atoms with Crippen LogP contribution in [0.4, 0.5) is 5.69 Å². The average molecular weight is 404 g/mol. The molecule has 2 aromatic heterocycles. The van der Waals surface area contributed by atoms with Crippen LogP contribution in [-0.4, -0.2) is 38.7 Å². The van der Waals surface area contributed by atoms with E-state index in [4.69, 9.17) is 0 Å². The van der Waals surface area contributed by atoms with Crippen LogP contribution in [0.1, 0.15) is 41.9 Å². The number of hydrogen-bond acceptors (Lipinski definition) is 4. The lowest BCUT2D eigenvalue weighted by molar-refractivity contribution is -0.117. The summed E-state index contributed by atoms with van der Waals surface area (Å²) in [5, 5.41) is 7.76. The summed E-state index contributed by atoms with van der Waals surface area (Å²) in [6.45, 7) is 9.50. The number of aryl methyl sites for hydroxylation is 2. The largest absolute Gasteiger partial charge is 0.322 e. The SMILES string of the molecule is Cc1ccc(-n2nc(C)c(NC(=O)CN3CC(C)CC3c3cccnc3)c2C)cc1. The molecule has 1 aliphatic heterocycles. The maximum atomic E-state index is 12.9. The molecule has 3 aromatic rings. The number of amides is 1. The predicted octanol–water partition coefficient (Wildman–Crippen LogP) is 4.21. The molecule has 1 amide bonds. The molecule has 3 heterocycles. The van der Waals surface area contributed by atoms with Crippen LogP contribution < -0.4 is 5.32 Å². The number of likely N-dealkylation sites (tertiary alicyclic amines) is 1. The Labute approximate surface area is 177 Å². The van der Waals surface area contributed by atoms with E-state index in [1.165, 1.54) is 11.1 Å². The molecule has 1 fully saturated rings. The molecule has 6 heteroatoms. The van der Waals surface area contributed by atoms with E-state index >= 15 is 0 Å². The molecule has 0 saturated carbocycles. The van der Waals surface area contributed by atoms with Gasteiger partial charge >= 0.3 is 0 Å². The van der Waals surface area contributed by atoms with Gasteiger partial charge in [-0.15, -0.1) is 0 Å². The van der Waals surface area contributed by atoms with Gasteiger partial charge in [0.05, 0.1) is 29.3 Å². The summed E-state index contributed by atoms with van der Waals surface area (Å²) in [6, 6.07) is 12.5. The Hall–Kier alpha value is -2.99. The van der Waals surface area contributed by atoms with Crippen LogP contribution in [0.5, 0.6) is 0 Å². The fraction of sp³-hybridized carbons (Fsp3) is 0.375.